The van der Waals surface area contributed by atoms with E-state index in [-0.39, 0.29) is 11.9 Å². The number of carbonyl (C=O) groups is 2. The number of benzene rings is 1. The summed E-state index contributed by atoms with van der Waals surface area (Å²) in [6, 6.07) is 4.98. The fourth-order valence-corrected chi connectivity index (χ4v) is 1.72. The largest absolute Gasteiger partial charge is 0.462 e. The van der Waals surface area contributed by atoms with Gasteiger partial charge in [-0.2, -0.15) is 0 Å². The van der Waals surface area contributed by atoms with Gasteiger partial charge in [0, 0.05) is 5.69 Å². The van der Waals surface area contributed by atoms with Gasteiger partial charge in [-0.3, -0.25) is 4.79 Å². The highest BCUT2D eigenvalue weighted by atomic mass is 16.5. The number of amides is 1. The van der Waals surface area contributed by atoms with Crippen LogP contribution in [0.2, 0.25) is 0 Å². The van der Waals surface area contributed by atoms with Crippen LogP contribution in [0.4, 0.5) is 5.69 Å². The Morgan fingerprint density at radius 3 is 2.80 bits per heavy atom. The predicted octanol–water partition coefficient (Wildman–Crippen LogP) is 2.15. The van der Waals surface area contributed by atoms with Gasteiger partial charge in [0.1, 0.15) is 5.69 Å². The van der Waals surface area contributed by atoms with Crippen molar-refractivity contribution in [3.63, 3.8) is 0 Å². The summed E-state index contributed by atoms with van der Waals surface area (Å²) < 4.78 is 4.92. The number of carbonyl (C=O) groups excluding carboxylic acids is 2. The molecule has 0 spiro atoms. The van der Waals surface area contributed by atoms with Crippen LogP contribution in [0.5, 0.6) is 0 Å². The summed E-state index contributed by atoms with van der Waals surface area (Å²) >= 11 is 0. The van der Waals surface area contributed by atoms with Crippen LogP contribution in [0.1, 0.15) is 33.3 Å². The van der Waals surface area contributed by atoms with Gasteiger partial charge in [-0.1, -0.05) is 0 Å². The number of H-pyrrole nitrogens is 1. The lowest BCUT2D eigenvalue weighted by Crippen LogP contribution is -2.13. The first kappa shape index (κ1) is 13.8. The van der Waals surface area contributed by atoms with Crippen molar-refractivity contribution >= 4 is 17.6 Å². The van der Waals surface area contributed by atoms with Crippen molar-refractivity contribution in [1.29, 1.82) is 0 Å². The molecule has 0 saturated heterocycles. The molecule has 6 heteroatoms. The molecule has 0 aliphatic heterocycles. The molecule has 20 heavy (non-hydrogen) atoms. The molecule has 1 amide bonds. The first-order valence-electron chi connectivity index (χ1n) is 6.19. The molecule has 0 aliphatic rings. The summed E-state index contributed by atoms with van der Waals surface area (Å²) in [5, 5.41) is 2.75. The quantitative estimate of drug-likeness (QED) is 0.836. The molecule has 0 aliphatic carbocycles. The highest BCUT2D eigenvalue weighted by molar-refractivity contribution is 6.03. The van der Waals surface area contributed by atoms with E-state index in [1.807, 2.05) is 6.92 Å². The molecule has 0 atom stereocenters. The third-order valence-corrected chi connectivity index (χ3v) is 2.73. The van der Waals surface area contributed by atoms with E-state index < -0.39 is 0 Å². The van der Waals surface area contributed by atoms with Crippen molar-refractivity contribution in [2.24, 2.45) is 0 Å². The van der Waals surface area contributed by atoms with Gasteiger partial charge in [-0.25, -0.2) is 9.78 Å². The van der Waals surface area contributed by atoms with E-state index in [1.54, 1.807) is 25.1 Å². The van der Waals surface area contributed by atoms with E-state index in [0.717, 1.165) is 5.56 Å². The van der Waals surface area contributed by atoms with E-state index >= 15 is 0 Å². The summed E-state index contributed by atoms with van der Waals surface area (Å²) in [6.07, 6.45) is 2.88. The number of aromatic nitrogens is 2. The average Bonchev–Trinajstić information content (AvgIpc) is 2.95. The van der Waals surface area contributed by atoms with Crippen molar-refractivity contribution in [2.75, 3.05) is 11.9 Å². The monoisotopic (exact) mass is 273 g/mol. The SMILES string of the molecule is CCOC(=O)c1ccc(NC(=O)c2cnc[nH]2)c(C)c1. The van der Waals surface area contributed by atoms with E-state index in [2.05, 4.69) is 15.3 Å². The van der Waals surface area contributed by atoms with E-state index in [9.17, 15) is 9.59 Å². The van der Waals surface area contributed by atoms with Gasteiger partial charge in [0.25, 0.3) is 5.91 Å². The number of imidazole rings is 1. The Labute approximate surface area is 116 Å². The lowest BCUT2D eigenvalue weighted by atomic mass is 10.1. The summed E-state index contributed by atoms with van der Waals surface area (Å²) in [5.74, 6) is -0.656. The topological polar surface area (TPSA) is 84.1 Å². The Morgan fingerprint density at radius 2 is 2.20 bits per heavy atom. The van der Waals surface area contributed by atoms with E-state index in [1.165, 1.54) is 12.5 Å². The summed E-state index contributed by atoms with van der Waals surface area (Å²) in [4.78, 5) is 30.0. The second-order valence-electron chi connectivity index (χ2n) is 4.17. The minimum Gasteiger partial charge on any atom is -0.462 e. The van der Waals surface area contributed by atoms with Crippen LogP contribution in [0.15, 0.2) is 30.7 Å². The Morgan fingerprint density at radius 1 is 1.40 bits per heavy atom. The fraction of sp³-hybridized carbons (Fsp3) is 0.214. The standard InChI is InChI=1S/C14H15N3O3/c1-3-20-14(19)10-4-5-11(9(2)6-10)17-13(18)12-7-15-8-16-12/h4-8H,3H2,1-2H3,(H,15,16)(H,17,18). The van der Waals surface area contributed by atoms with Crippen molar-refractivity contribution in [1.82, 2.24) is 9.97 Å². The van der Waals surface area contributed by atoms with Gasteiger partial charge < -0.3 is 15.0 Å². The Bertz CT molecular complexity index is 621. The van der Waals surface area contributed by atoms with Crippen molar-refractivity contribution in [3.05, 3.63) is 47.5 Å². The zero-order valence-corrected chi connectivity index (χ0v) is 11.3. The first-order chi connectivity index (χ1) is 9.61. The highest BCUT2D eigenvalue weighted by Gasteiger charge is 2.11. The molecule has 0 saturated carbocycles. The number of aryl methyl sites for hydroxylation is 1. The number of nitrogens with zero attached hydrogens (tertiary/aromatic N) is 1. The molecule has 1 aromatic carbocycles. The van der Waals surface area contributed by atoms with Crippen LogP contribution >= 0.6 is 0 Å². The minimum absolute atomic E-state index is 0.283. The van der Waals surface area contributed by atoms with E-state index in [4.69, 9.17) is 4.74 Å². The summed E-state index contributed by atoms with van der Waals surface area (Å²) in [5.41, 5.74) is 2.25. The minimum atomic E-state index is -0.373. The molecule has 0 unspecified atom stereocenters. The zero-order valence-electron chi connectivity index (χ0n) is 11.3. The van der Waals surface area contributed by atoms with Gasteiger partial charge in [0.15, 0.2) is 0 Å². The maximum atomic E-state index is 11.9. The number of hydrogen-bond donors (Lipinski definition) is 2. The molecule has 0 radical (unpaired) electrons. The molecule has 1 heterocycles. The maximum Gasteiger partial charge on any atom is 0.338 e. The zero-order chi connectivity index (χ0) is 14.5. The molecule has 104 valence electrons. The molecular weight excluding hydrogens is 258 g/mol. The van der Waals surface area contributed by atoms with Crippen LogP contribution in [-0.2, 0) is 4.74 Å². The highest BCUT2D eigenvalue weighted by Crippen LogP contribution is 2.18. The van der Waals surface area contributed by atoms with Gasteiger partial charge in [0.2, 0.25) is 0 Å². The lowest BCUT2D eigenvalue weighted by Gasteiger charge is -2.09. The molecule has 0 fully saturated rings. The maximum absolute atomic E-state index is 11.9. The number of ether oxygens (including phenoxy) is 1. The molecule has 2 N–H and O–H groups in total. The third kappa shape index (κ3) is 3.03. The van der Waals surface area contributed by atoms with Crippen molar-refractivity contribution in [3.8, 4) is 0 Å². The van der Waals surface area contributed by atoms with Crippen molar-refractivity contribution in [2.45, 2.75) is 13.8 Å². The number of rotatable bonds is 4. The number of aromatic amines is 1. The average molecular weight is 273 g/mol. The molecule has 2 aromatic rings. The third-order valence-electron chi connectivity index (χ3n) is 2.73. The van der Waals surface area contributed by atoms with E-state index in [0.29, 0.717) is 23.6 Å². The summed E-state index contributed by atoms with van der Waals surface area (Å²) in [6.45, 7) is 3.89. The predicted molar refractivity (Wildman–Crippen MR) is 73.7 cm³/mol. The molecule has 1 aromatic heterocycles. The number of nitrogens with one attached hydrogen (secondary N) is 2. The second-order valence-corrected chi connectivity index (χ2v) is 4.17. The van der Waals surface area contributed by atoms with Gasteiger partial charge in [-0.15, -0.1) is 0 Å². The van der Waals surface area contributed by atoms with Gasteiger partial charge in [0.05, 0.1) is 24.7 Å². The molecular formula is C14H15N3O3. The van der Waals surface area contributed by atoms with Crippen LogP contribution in [0.25, 0.3) is 0 Å². The van der Waals surface area contributed by atoms with Gasteiger partial charge in [-0.05, 0) is 37.6 Å². The summed E-state index contributed by atoms with van der Waals surface area (Å²) in [7, 11) is 0. The first-order valence-corrected chi connectivity index (χ1v) is 6.19. The normalized spacial score (nSPS) is 10.1. The van der Waals surface area contributed by atoms with Crippen LogP contribution < -0.4 is 5.32 Å². The number of hydrogen-bond acceptors (Lipinski definition) is 4. The smallest absolute Gasteiger partial charge is 0.338 e. The van der Waals surface area contributed by atoms with Crippen LogP contribution in [-0.4, -0.2) is 28.5 Å². The Balaban J connectivity index is 2.14. The lowest BCUT2D eigenvalue weighted by molar-refractivity contribution is 0.0526. The van der Waals surface area contributed by atoms with Crippen molar-refractivity contribution < 1.29 is 14.3 Å². The van der Waals surface area contributed by atoms with Crippen LogP contribution in [0.3, 0.4) is 0 Å². The molecule has 2 rings (SSSR count). The Kier molecular flexibility index (Phi) is 4.14. The molecule has 6 nitrogen and oxygen atoms in total. The van der Waals surface area contributed by atoms with Gasteiger partial charge >= 0.3 is 5.97 Å². The molecule has 0 bridgehead atoms. The Hall–Kier alpha value is -2.63. The number of anilines is 1. The number of esters is 1. The van der Waals surface area contributed by atoms with Crippen LogP contribution in [0, 0.1) is 6.92 Å². The fourth-order valence-electron chi connectivity index (χ4n) is 1.72. The second kappa shape index (κ2) is 6.01.